The third-order valence-corrected chi connectivity index (χ3v) is 3.97. The molecule has 0 unspecified atom stereocenters. The Balaban J connectivity index is 2.89. The standard InChI is InChI=1S/C15H28N2O3/c1-5-12(6-2)17(10-11(3)4)15(20)16-9-7-8-13(16)14(18)19/h11-13H,5-10H2,1-4H3,(H,18,19)/t13-/m1/s1. The van der Waals surface area contributed by atoms with Crippen LogP contribution in [0.5, 0.6) is 0 Å². The molecule has 1 saturated heterocycles. The number of carbonyl (C=O) groups excluding carboxylic acids is 1. The topological polar surface area (TPSA) is 60.9 Å². The average Bonchev–Trinajstić information content (AvgIpc) is 2.87. The zero-order valence-electron chi connectivity index (χ0n) is 13.1. The van der Waals surface area contributed by atoms with Gasteiger partial charge in [0.25, 0.3) is 0 Å². The van der Waals surface area contributed by atoms with Crippen molar-refractivity contribution in [3.8, 4) is 0 Å². The highest BCUT2D eigenvalue weighted by Crippen LogP contribution is 2.22. The summed E-state index contributed by atoms with van der Waals surface area (Å²) < 4.78 is 0. The van der Waals surface area contributed by atoms with Crippen LogP contribution in [0.2, 0.25) is 0 Å². The summed E-state index contributed by atoms with van der Waals surface area (Å²) in [6, 6.07) is -0.552. The summed E-state index contributed by atoms with van der Waals surface area (Å²) in [5, 5.41) is 9.24. The van der Waals surface area contributed by atoms with Crippen LogP contribution in [0, 0.1) is 5.92 Å². The van der Waals surface area contributed by atoms with Gasteiger partial charge in [0.05, 0.1) is 0 Å². The Labute approximate surface area is 121 Å². The van der Waals surface area contributed by atoms with E-state index in [-0.39, 0.29) is 12.1 Å². The Hall–Kier alpha value is -1.26. The quantitative estimate of drug-likeness (QED) is 0.816. The molecule has 1 atom stereocenters. The largest absolute Gasteiger partial charge is 0.480 e. The predicted octanol–water partition coefficient (Wildman–Crippen LogP) is 2.80. The van der Waals surface area contributed by atoms with E-state index in [1.807, 2.05) is 4.90 Å². The summed E-state index contributed by atoms with van der Waals surface area (Å²) in [6.07, 6.45) is 3.15. The first-order valence-electron chi connectivity index (χ1n) is 7.72. The molecule has 0 aromatic heterocycles. The zero-order valence-corrected chi connectivity index (χ0v) is 13.1. The van der Waals surface area contributed by atoms with Gasteiger partial charge in [0.1, 0.15) is 6.04 Å². The van der Waals surface area contributed by atoms with Gasteiger partial charge in [0.2, 0.25) is 0 Å². The molecule has 2 amide bonds. The lowest BCUT2D eigenvalue weighted by Gasteiger charge is -2.36. The summed E-state index contributed by atoms with van der Waals surface area (Å²) in [7, 11) is 0. The Kier molecular flexibility index (Phi) is 6.30. The van der Waals surface area contributed by atoms with Gasteiger partial charge in [-0.3, -0.25) is 0 Å². The first-order chi connectivity index (χ1) is 9.42. The van der Waals surface area contributed by atoms with Crippen molar-refractivity contribution in [3.05, 3.63) is 0 Å². The molecular weight excluding hydrogens is 256 g/mol. The Morgan fingerprint density at radius 2 is 1.90 bits per heavy atom. The number of carbonyl (C=O) groups is 2. The predicted molar refractivity (Wildman–Crippen MR) is 78.7 cm³/mol. The van der Waals surface area contributed by atoms with Gasteiger partial charge in [-0.2, -0.15) is 0 Å². The maximum absolute atomic E-state index is 12.7. The molecule has 0 radical (unpaired) electrons. The highest BCUT2D eigenvalue weighted by Gasteiger charge is 2.37. The number of amides is 2. The second-order valence-corrected chi connectivity index (χ2v) is 5.99. The minimum Gasteiger partial charge on any atom is -0.480 e. The van der Waals surface area contributed by atoms with Crippen LogP contribution in [0.25, 0.3) is 0 Å². The van der Waals surface area contributed by atoms with E-state index in [4.69, 9.17) is 0 Å². The summed E-state index contributed by atoms with van der Waals surface area (Å²) in [5.74, 6) is -0.504. The molecule has 1 rings (SSSR count). The molecule has 1 aliphatic rings. The third-order valence-electron chi connectivity index (χ3n) is 3.97. The van der Waals surface area contributed by atoms with Crippen molar-refractivity contribution in [3.63, 3.8) is 0 Å². The van der Waals surface area contributed by atoms with Crippen LogP contribution in [-0.4, -0.2) is 52.1 Å². The molecule has 116 valence electrons. The molecule has 0 saturated carbocycles. The fraction of sp³-hybridized carbons (Fsp3) is 0.867. The lowest BCUT2D eigenvalue weighted by molar-refractivity contribution is -0.141. The van der Waals surface area contributed by atoms with Gasteiger partial charge < -0.3 is 14.9 Å². The molecule has 0 bridgehead atoms. The van der Waals surface area contributed by atoms with E-state index in [1.165, 1.54) is 0 Å². The van der Waals surface area contributed by atoms with E-state index < -0.39 is 12.0 Å². The van der Waals surface area contributed by atoms with Gasteiger partial charge in [0, 0.05) is 19.1 Å². The van der Waals surface area contributed by atoms with E-state index in [0.717, 1.165) is 19.3 Å². The number of hydrogen-bond donors (Lipinski definition) is 1. The fourth-order valence-electron chi connectivity index (χ4n) is 2.92. The lowest BCUT2D eigenvalue weighted by atomic mass is 10.1. The first kappa shape index (κ1) is 16.8. The number of likely N-dealkylation sites (tertiary alicyclic amines) is 1. The second kappa shape index (κ2) is 7.50. The van der Waals surface area contributed by atoms with Crippen LogP contribution in [0.15, 0.2) is 0 Å². The van der Waals surface area contributed by atoms with E-state index in [0.29, 0.717) is 25.4 Å². The van der Waals surface area contributed by atoms with E-state index in [9.17, 15) is 14.7 Å². The van der Waals surface area contributed by atoms with Crippen molar-refractivity contribution in [1.82, 2.24) is 9.80 Å². The number of nitrogens with zero attached hydrogens (tertiary/aromatic N) is 2. The second-order valence-electron chi connectivity index (χ2n) is 5.99. The monoisotopic (exact) mass is 284 g/mol. The number of aliphatic carboxylic acids is 1. The van der Waals surface area contributed by atoms with E-state index in [2.05, 4.69) is 27.7 Å². The van der Waals surface area contributed by atoms with Crippen LogP contribution in [0.1, 0.15) is 53.4 Å². The molecule has 0 aromatic carbocycles. The lowest BCUT2D eigenvalue weighted by Crippen LogP contribution is -2.52. The van der Waals surface area contributed by atoms with Crippen molar-refractivity contribution in [2.45, 2.75) is 65.5 Å². The van der Waals surface area contributed by atoms with Crippen molar-refractivity contribution >= 4 is 12.0 Å². The SMILES string of the molecule is CCC(CC)N(CC(C)C)C(=O)N1CCC[C@@H]1C(=O)O. The Morgan fingerprint density at radius 1 is 1.30 bits per heavy atom. The van der Waals surface area contributed by atoms with Crippen LogP contribution >= 0.6 is 0 Å². The van der Waals surface area contributed by atoms with Gasteiger partial charge in [-0.05, 0) is 31.6 Å². The van der Waals surface area contributed by atoms with Gasteiger partial charge in [0.15, 0.2) is 0 Å². The molecule has 5 heteroatoms. The summed E-state index contributed by atoms with van der Waals surface area (Å²) >= 11 is 0. The molecule has 20 heavy (non-hydrogen) atoms. The highest BCUT2D eigenvalue weighted by molar-refractivity contribution is 5.83. The normalized spacial score (nSPS) is 18.9. The molecular formula is C15H28N2O3. The van der Waals surface area contributed by atoms with Crippen LogP contribution < -0.4 is 0 Å². The van der Waals surface area contributed by atoms with Crippen molar-refractivity contribution in [2.24, 2.45) is 5.92 Å². The van der Waals surface area contributed by atoms with E-state index >= 15 is 0 Å². The third kappa shape index (κ3) is 3.87. The number of hydrogen-bond acceptors (Lipinski definition) is 2. The number of carboxylic acid groups (broad SMARTS) is 1. The van der Waals surface area contributed by atoms with Crippen LogP contribution in [-0.2, 0) is 4.79 Å². The molecule has 0 aromatic rings. The molecule has 1 heterocycles. The molecule has 1 fully saturated rings. The van der Waals surface area contributed by atoms with Crippen molar-refractivity contribution in [1.29, 1.82) is 0 Å². The molecule has 0 spiro atoms. The highest BCUT2D eigenvalue weighted by atomic mass is 16.4. The fourth-order valence-corrected chi connectivity index (χ4v) is 2.92. The van der Waals surface area contributed by atoms with Gasteiger partial charge >= 0.3 is 12.0 Å². The van der Waals surface area contributed by atoms with Gasteiger partial charge in [-0.1, -0.05) is 27.7 Å². The van der Waals surface area contributed by atoms with Crippen LogP contribution in [0.4, 0.5) is 4.79 Å². The summed E-state index contributed by atoms with van der Waals surface area (Å²) in [5.41, 5.74) is 0. The average molecular weight is 284 g/mol. The maximum atomic E-state index is 12.7. The molecule has 5 nitrogen and oxygen atoms in total. The van der Waals surface area contributed by atoms with E-state index in [1.54, 1.807) is 4.90 Å². The minimum atomic E-state index is -0.884. The number of carboxylic acids is 1. The van der Waals surface area contributed by atoms with Crippen LogP contribution in [0.3, 0.4) is 0 Å². The van der Waals surface area contributed by atoms with Gasteiger partial charge in [-0.15, -0.1) is 0 Å². The Bertz CT molecular complexity index is 340. The van der Waals surface area contributed by atoms with Crippen molar-refractivity contribution < 1.29 is 14.7 Å². The molecule has 1 N–H and O–H groups in total. The van der Waals surface area contributed by atoms with Crippen molar-refractivity contribution in [2.75, 3.05) is 13.1 Å². The number of urea groups is 1. The first-order valence-corrected chi connectivity index (χ1v) is 7.72. The molecule has 1 aliphatic heterocycles. The number of rotatable bonds is 6. The summed E-state index contributed by atoms with van der Waals surface area (Å²) in [6.45, 7) is 9.57. The smallest absolute Gasteiger partial charge is 0.326 e. The molecule has 0 aliphatic carbocycles. The maximum Gasteiger partial charge on any atom is 0.326 e. The van der Waals surface area contributed by atoms with Gasteiger partial charge in [-0.25, -0.2) is 9.59 Å². The summed E-state index contributed by atoms with van der Waals surface area (Å²) in [4.78, 5) is 27.4. The zero-order chi connectivity index (χ0) is 15.3. The Morgan fingerprint density at radius 3 is 2.35 bits per heavy atom. The minimum absolute atomic E-state index is 0.0997.